The van der Waals surface area contributed by atoms with Gasteiger partial charge in [0.05, 0.1) is 0 Å². The molecule has 0 bridgehead atoms. The molecule has 1 heterocycles. The van der Waals surface area contributed by atoms with E-state index in [2.05, 4.69) is 15.4 Å². The number of rotatable bonds is 2. The summed E-state index contributed by atoms with van der Waals surface area (Å²) >= 11 is 0. The molecular weight excluding hydrogens is 178 g/mol. The summed E-state index contributed by atoms with van der Waals surface area (Å²) in [5.41, 5.74) is 2.97. The van der Waals surface area contributed by atoms with Crippen LogP contribution in [-0.2, 0) is 0 Å². The van der Waals surface area contributed by atoms with Gasteiger partial charge in [-0.15, -0.1) is 0 Å². The molecule has 0 aliphatic rings. The van der Waals surface area contributed by atoms with Gasteiger partial charge in [-0.3, -0.25) is 4.79 Å². The van der Waals surface area contributed by atoms with Crippen molar-refractivity contribution in [3.63, 3.8) is 0 Å². The van der Waals surface area contributed by atoms with E-state index in [9.17, 15) is 4.79 Å². The SMILES string of the molecule is Cc1cccc(-c2n[nH]nc2C=O)c1. The fourth-order valence-electron chi connectivity index (χ4n) is 1.33. The highest BCUT2D eigenvalue weighted by Gasteiger charge is 2.08. The zero-order valence-electron chi connectivity index (χ0n) is 7.69. The largest absolute Gasteiger partial charge is 0.296 e. The third kappa shape index (κ3) is 1.42. The van der Waals surface area contributed by atoms with Crippen LogP contribution < -0.4 is 0 Å². The van der Waals surface area contributed by atoms with Crippen molar-refractivity contribution in [1.29, 1.82) is 0 Å². The fraction of sp³-hybridized carbons (Fsp3) is 0.100. The van der Waals surface area contributed by atoms with E-state index in [1.165, 1.54) is 0 Å². The number of carbonyl (C=O) groups is 1. The number of H-pyrrole nitrogens is 1. The van der Waals surface area contributed by atoms with Gasteiger partial charge in [0.2, 0.25) is 0 Å². The Morgan fingerprint density at radius 2 is 2.21 bits per heavy atom. The van der Waals surface area contributed by atoms with Gasteiger partial charge in [0.15, 0.2) is 12.0 Å². The van der Waals surface area contributed by atoms with Crippen molar-refractivity contribution in [3.05, 3.63) is 35.5 Å². The molecule has 2 rings (SSSR count). The van der Waals surface area contributed by atoms with E-state index < -0.39 is 0 Å². The molecular formula is C10H9N3O. The Kier molecular flexibility index (Phi) is 2.10. The highest BCUT2D eigenvalue weighted by molar-refractivity contribution is 5.82. The number of nitrogens with zero attached hydrogens (tertiary/aromatic N) is 2. The number of benzene rings is 1. The summed E-state index contributed by atoms with van der Waals surface area (Å²) in [5.74, 6) is 0. The highest BCUT2D eigenvalue weighted by Crippen LogP contribution is 2.19. The number of aldehydes is 1. The van der Waals surface area contributed by atoms with Gasteiger partial charge >= 0.3 is 0 Å². The van der Waals surface area contributed by atoms with Crippen molar-refractivity contribution < 1.29 is 4.79 Å². The Balaban J connectivity index is 2.54. The third-order valence-electron chi connectivity index (χ3n) is 1.98. The van der Waals surface area contributed by atoms with Crippen molar-refractivity contribution in [2.45, 2.75) is 6.92 Å². The maximum Gasteiger partial charge on any atom is 0.172 e. The molecule has 0 aliphatic carbocycles. The molecule has 70 valence electrons. The van der Waals surface area contributed by atoms with Gasteiger partial charge in [0, 0.05) is 5.56 Å². The molecule has 1 N–H and O–H groups in total. The van der Waals surface area contributed by atoms with Crippen molar-refractivity contribution >= 4 is 6.29 Å². The van der Waals surface area contributed by atoms with E-state index in [-0.39, 0.29) is 0 Å². The van der Waals surface area contributed by atoms with Crippen LogP contribution in [0.25, 0.3) is 11.3 Å². The molecule has 0 saturated carbocycles. The molecule has 4 nitrogen and oxygen atoms in total. The van der Waals surface area contributed by atoms with E-state index in [4.69, 9.17) is 0 Å². The second kappa shape index (κ2) is 3.41. The van der Waals surface area contributed by atoms with Crippen LogP contribution in [0.5, 0.6) is 0 Å². The lowest BCUT2D eigenvalue weighted by atomic mass is 10.1. The second-order valence-electron chi connectivity index (χ2n) is 3.04. The maximum atomic E-state index is 10.6. The van der Waals surface area contributed by atoms with Crippen LogP contribution in [0.1, 0.15) is 16.1 Å². The molecule has 1 aromatic carbocycles. The smallest absolute Gasteiger partial charge is 0.172 e. The molecule has 0 aliphatic heterocycles. The Morgan fingerprint density at radius 1 is 1.36 bits per heavy atom. The molecule has 0 radical (unpaired) electrons. The van der Waals surface area contributed by atoms with Gasteiger partial charge in [-0.2, -0.15) is 15.4 Å². The van der Waals surface area contributed by atoms with Gasteiger partial charge in [-0.1, -0.05) is 23.8 Å². The summed E-state index contributed by atoms with van der Waals surface area (Å²) in [6, 6.07) is 7.78. The molecule has 0 unspecified atom stereocenters. The summed E-state index contributed by atoms with van der Waals surface area (Å²) < 4.78 is 0. The number of aryl methyl sites for hydroxylation is 1. The van der Waals surface area contributed by atoms with E-state index in [1.54, 1.807) is 0 Å². The summed E-state index contributed by atoms with van der Waals surface area (Å²) in [6.45, 7) is 1.99. The van der Waals surface area contributed by atoms with Gasteiger partial charge < -0.3 is 0 Å². The molecule has 0 spiro atoms. The quantitative estimate of drug-likeness (QED) is 0.726. The Morgan fingerprint density at radius 3 is 2.93 bits per heavy atom. The standard InChI is InChI=1S/C10H9N3O/c1-7-3-2-4-8(5-7)10-9(6-14)11-13-12-10/h2-6H,1H3,(H,11,12,13). The first kappa shape index (κ1) is 8.62. The van der Waals surface area contributed by atoms with E-state index in [0.717, 1.165) is 11.1 Å². The Hall–Kier alpha value is -1.97. The van der Waals surface area contributed by atoms with Gasteiger partial charge in [-0.25, -0.2) is 0 Å². The predicted octanol–water partition coefficient (Wildman–Crippen LogP) is 1.59. The topological polar surface area (TPSA) is 58.6 Å². The lowest BCUT2D eigenvalue weighted by Gasteiger charge is -1.97. The minimum Gasteiger partial charge on any atom is -0.296 e. The number of hydrogen-bond acceptors (Lipinski definition) is 3. The number of hydrogen-bond donors (Lipinski definition) is 1. The van der Waals surface area contributed by atoms with Crippen LogP contribution in [0.3, 0.4) is 0 Å². The monoisotopic (exact) mass is 187 g/mol. The van der Waals surface area contributed by atoms with E-state index in [1.807, 2.05) is 31.2 Å². The molecule has 0 amide bonds. The summed E-state index contributed by atoms with van der Waals surface area (Å²) in [6.07, 6.45) is 0.696. The van der Waals surface area contributed by atoms with Gasteiger partial charge in [-0.05, 0) is 13.0 Å². The highest BCUT2D eigenvalue weighted by atomic mass is 16.1. The molecule has 14 heavy (non-hydrogen) atoms. The first-order valence-corrected chi connectivity index (χ1v) is 4.24. The molecule has 0 atom stereocenters. The van der Waals surface area contributed by atoms with Crippen LogP contribution in [0.4, 0.5) is 0 Å². The van der Waals surface area contributed by atoms with Crippen LogP contribution in [0.15, 0.2) is 24.3 Å². The first-order chi connectivity index (χ1) is 6.81. The zero-order chi connectivity index (χ0) is 9.97. The predicted molar refractivity (Wildman–Crippen MR) is 51.9 cm³/mol. The Labute approximate surface area is 81.0 Å². The summed E-state index contributed by atoms with van der Waals surface area (Å²) in [7, 11) is 0. The number of carbonyl (C=O) groups excluding carboxylic acids is 1. The summed E-state index contributed by atoms with van der Waals surface area (Å²) in [4.78, 5) is 10.6. The normalized spacial score (nSPS) is 10.1. The van der Waals surface area contributed by atoms with E-state index >= 15 is 0 Å². The number of nitrogens with one attached hydrogen (secondary N) is 1. The average Bonchev–Trinajstić information content (AvgIpc) is 2.65. The first-order valence-electron chi connectivity index (χ1n) is 4.24. The zero-order valence-corrected chi connectivity index (χ0v) is 7.69. The van der Waals surface area contributed by atoms with Crippen LogP contribution in [-0.4, -0.2) is 21.7 Å². The summed E-state index contributed by atoms with van der Waals surface area (Å²) in [5, 5.41) is 10.1. The second-order valence-corrected chi connectivity index (χ2v) is 3.04. The lowest BCUT2D eigenvalue weighted by molar-refractivity contribution is 0.111. The molecule has 1 aromatic heterocycles. The van der Waals surface area contributed by atoms with Crippen LogP contribution in [0, 0.1) is 6.92 Å². The maximum absolute atomic E-state index is 10.6. The van der Waals surface area contributed by atoms with Gasteiger partial charge in [0.25, 0.3) is 0 Å². The fourth-order valence-corrected chi connectivity index (χ4v) is 1.33. The van der Waals surface area contributed by atoms with Crippen LogP contribution >= 0.6 is 0 Å². The van der Waals surface area contributed by atoms with Crippen molar-refractivity contribution in [2.24, 2.45) is 0 Å². The molecule has 4 heteroatoms. The Bertz CT molecular complexity index is 462. The lowest BCUT2D eigenvalue weighted by Crippen LogP contribution is -1.86. The van der Waals surface area contributed by atoms with Crippen molar-refractivity contribution in [1.82, 2.24) is 15.4 Å². The van der Waals surface area contributed by atoms with E-state index in [0.29, 0.717) is 17.7 Å². The number of aromatic amines is 1. The van der Waals surface area contributed by atoms with Crippen LogP contribution in [0.2, 0.25) is 0 Å². The number of aromatic nitrogens is 3. The van der Waals surface area contributed by atoms with Gasteiger partial charge in [0.1, 0.15) is 5.69 Å². The molecule has 0 saturated heterocycles. The molecule has 0 fully saturated rings. The third-order valence-corrected chi connectivity index (χ3v) is 1.98. The van der Waals surface area contributed by atoms with Crippen molar-refractivity contribution in [3.8, 4) is 11.3 Å². The minimum absolute atomic E-state index is 0.343. The van der Waals surface area contributed by atoms with Crippen molar-refractivity contribution in [2.75, 3.05) is 0 Å². The molecule has 2 aromatic rings. The average molecular weight is 187 g/mol. The minimum atomic E-state index is 0.343.